The summed E-state index contributed by atoms with van der Waals surface area (Å²) in [5, 5.41) is 5.83. The molecule has 0 saturated carbocycles. The zero-order valence-electron chi connectivity index (χ0n) is 19.2. The molecule has 0 aliphatic heterocycles. The average Bonchev–Trinajstić information content (AvgIpc) is 3.27. The molecule has 0 unspecified atom stereocenters. The molecule has 0 bridgehead atoms. The third-order valence-electron chi connectivity index (χ3n) is 5.24. The van der Waals surface area contributed by atoms with Gasteiger partial charge in [-0.2, -0.15) is 0 Å². The fourth-order valence-corrected chi connectivity index (χ4v) is 3.62. The highest BCUT2D eigenvalue weighted by Gasteiger charge is 2.14. The third-order valence-corrected chi connectivity index (χ3v) is 5.44. The lowest BCUT2D eigenvalue weighted by Gasteiger charge is -2.13. The predicted molar refractivity (Wildman–Crippen MR) is 140 cm³/mol. The van der Waals surface area contributed by atoms with Crippen LogP contribution in [-0.2, 0) is 4.79 Å². The molecule has 172 valence electrons. The number of fused-ring (bicyclic) bond motifs is 1. The number of carbonyl (C=O) groups excluding carboxylic acids is 1. The number of anilines is 1. The van der Waals surface area contributed by atoms with Crippen LogP contribution in [0.4, 0.5) is 5.69 Å². The summed E-state index contributed by atoms with van der Waals surface area (Å²) in [6.07, 6.45) is 3.15. The largest absolute Gasteiger partial charge is 0.495 e. The summed E-state index contributed by atoms with van der Waals surface area (Å²) >= 11 is 5.33. The fourth-order valence-electron chi connectivity index (χ4n) is 3.41. The second-order valence-electron chi connectivity index (χ2n) is 8.00. The van der Waals surface area contributed by atoms with E-state index in [4.69, 9.17) is 21.4 Å². The van der Waals surface area contributed by atoms with Crippen molar-refractivity contribution in [3.8, 4) is 17.2 Å². The van der Waals surface area contributed by atoms with Gasteiger partial charge in [-0.15, -0.1) is 0 Å². The summed E-state index contributed by atoms with van der Waals surface area (Å²) in [5.74, 6) is 1.12. The van der Waals surface area contributed by atoms with Crippen LogP contribution in [0.3, 0.4) is 0 Å². The van der Waals surface area contributed by atoms with E-state index in [1.165, 1.54) is 11.6 Å². The molecule has 0 saturated heterocycles. The normalized spacial score (nSPS) is 11.2. The number of amides is 1. The molecule has 0 spiro atoms. The minimum absolute atomic E-state index is 0.150. The molecule has 7 heteroatoms. The second kappa shape index (κ2) is 10.3. The molecule has 4 rings (SSSR count). The van der Waals surface area contributed by atoms with Gasteiger partial charge in [0, 0.05) is 11.6 Å². The number of benzene rings is 3. The van der Waals surface area contributed by atoms with Crippen molar-refractivity contribution in [1.29, 1.82) is 0 Å². The number of aromatic nitrogens is 1. The maximum absolute atomic E-state index is 12.3. The molecular weight excluding hydrogens is 446 g/mol. The molecule has 2 N–H and O–H groups in total. The van der Waals surface area contributed by atoms with Crippen LogP contribution in [0.25, 0.3) is 28.6 Å². The first-order chi connectivity index (χ1) is 16.4. The van der Waals surface area contributed by atoms with Crippen molar-refractivity contribution in [2.45, 2.75) is 19.8 Å². The minimum Gasteiger partial charge on any atom is -0.495 e. The number of nitrogens with one attached hydrogen (secondary N) is 2. The zero-order chi connectivity index (χ0) is 24.1. The van der Waals surface area contributed by atoms with Gasteiger partial charge in [-0.3, -0.25) is 10.1 Å². The molecule has 1 aromatic heterocycles. The summed E-state index contributed by atoms with van der Waals surface area (Å²) in [4.78, 5) is 16.9. The van der Waals surface area contributed by atoms with Gasteiger partial charge in [-0.1, -0.05) is 50.2 Å². The Balaban J connectivity index is 1.51. The number of methoxy groups -OCH3 is 1. The molecule has 0 atom stereocenters. The van der Waals surface area contributed by atoms with Crippen LogP contribution in [0.5, 0.6) is 5.75 Å². The van der Waals surface area contributed by atoms with Crippen molar-refractivity contribution < 1.29 is 13.9 Å². The van der Waals surface area contributed by atoms with E-state index < -0.39 is 0 Å². The number of hydrogen-bond donors (Lipinski definition) is 2. The monoisotopic (exact) mass is 471 g/mol. The number of nitrogens with zero attached hydrogens (tertiary/aromatic N) is 1. The fraction of sp³-hybridized carbons (Fsp3) is 0.148. The van der Waals surface area contributed by atoms with E-state index in [1.807, 2.05) is 54.6 Å². The molecule has 0 radical (unpaired) electrons. The van der Waals surface area contributed by atoms with Gasteiger partial charge >= 0.3 is 0 Å². The van der Waals surface area contributed by atoms with E-state index in [0.717, 1.165) is 22.2 Å². The average molecular weight is 472 g/mol. The van der Waals surface area contributed by atoms with Crippen molar-refractivity contribution >= 4 is 46.1 Å². The molecule has 4 aromatic rings. The molecule has 1 amide bonds. The third kappa shape index (κ3) is 5.50. The summed E-state index contributed by atoms with van der Waals surface area (Å²) in [7, 11) is 1.57. The predicted octanol–water partition coefficient (Wildman–Crippen LogP) is 6.15. The lowest BCUT2D eigenvalue weighted by molar-refractivity contribution is -0.115. The first kappa shape index (κ1) is 23.2. The first-order valence-electron chi connectivity index (χ1n) is 10.9. The summed E-state index contributed by atoms with van der Waals surface area (Å²) in [6, 6.07) is 21.1. The molecule has 0 aliphatic rings. The van der Waals surface area contributed by atoms with Crippen LogP contribution in [0.1, 0.15) is 30.9 Å². The van der Waals surface area contributed by atoms with Gasteiger partial charge in [0.1, 0.15) is 11.3 Å². The van der Waals surface area contributed by atoms with Gasteiger partial charge in [-0.25, -0.2) is 4.98 Å². The molecule has 34 heavy (non-hydrogen) atoms. The Hall–Kier alpha value is -3.97. The van der Waals surface area contributed by atoms with E-state index in [9.17, 15) is 4.79 Å². The highest BCUT2D eigenvalue weighted by Crippen LogP contribution is 2.32. The van der Waals surface area contributed by atoms with Crippen LogP contribution >= 0.6 is 12.2 Å². The van der Waals surface area contributed by atoms with Crippen LogP contribution in [-0.4, -0.2) is 23.1 Å². The molecule has 0 fully saturated rings. The van der Waals surface area contributed by atoms with Gasteiger partial charge in [0.2, 0.25) is 11.8 Å². The van der Waals surface area contributed by atoms with Crippen LogP contribution in [0.15, 0.2) is 77.2 Å². The van der Waals surface area contributed by atoms with Crippen molar-refractivity contribution in [3.63, 3.8) is 0 Å². The number of thiocarbonyl (C=S) groups is 1. The highest BCUT2D eigenvalue weighted by atomic mass is 32.1. The van der Waals surface area contributed by atoms with Gasteiger partial charge in [-0.05, 0) is 65.7 Å². The maximum Gasteiger partial charge on any atom is 0.250 e. The summed E-state index contributed by atoms with van der Waals surface area (Å²) in [6.45, 7) is 4.28. The molecule has 3 aromatic carbocycles. The second-order valence-corrected chi connectivity index (χ2v) is 8.41. The summed E-state index contributed by atoms with van der Waals surface area (Å²) in [5.41, 5.74) is 4.99. The van der Waals surface area contributed by atoms with Gasteiger partial charge in [0.05, 0.1) is 12.8 Å². The Labute approximate surface area is 203 Å². The number of oxazole rings is 1. The van der Waals surface area contributed by atoms with Crippen molar-refractivity contribution in [2.24, 2.45) is 0 Å². The van der Waals surface area contributed by atoms with E-state index in [1.54, 1.807) is 19.3 Å². The van der Waals surface area contributed by atoms with Crippen LogP contribution in [0.2, 0.25) is 0 Å². The number of ether oxygens (including phenoxy) is 1. The molecule has 0 aliphatic carbocycles. The Morgan fingerprint density at radius 3 is 2.62 bits per heavy atom. The van der Waals surface area contributed by atoms with E-state index in [0.29, 0.717) is 23.2 Å². The van der Waals surface area contributed by atoms with E-state index >= 15 is 0 Å². The van der Waals surface area contributed by atoms with Gasteiger partial charge in [0.25, 0.3) is 0 Å². The summed E-state index contributed by atoms with van der Waals surface area (Å²) < 4.78 is 11.4. The topological polar surface area (TPSA) is 76.4 Å². The SMILES string of the molecule is COc1ccc(-c2nc3cc(C(C)C)ccc3o2)cc1NC(=S)NC(=O)/C=C/c1ccccc1. The van der Waals surface area contributed by atoms with Crippen LogP contribution in [0, 0.1) is 0 Å². The smallest absolute Gasteiger partial charge is 0.250 e. The Morgan fingerprint density at radius 2 is 1.88 bits per heavy atom. The Kier molecular flexibility index (Phi) is 7.04. The van der Waals surface area contributed by atoms with E-state index in [-0.39, 0.29) is 11.0 Å². The standard InChI is InChI=1S/C27H25N3O3S/c1-17(2)19-10-13-24-22(15-19)28-26(33-24)20-11-12-23(32-3)21(16-20)29-27(34)30-25(31)14-9-18-7-5-4-6-8-18/h4-17H,1-3H3,(H2,29,30,31,34)/b14-9+. The quantitative estimate of drug-likeness (QED) is 0.259. The Morgan fingerprint density at radius 1 is 1.09 bits per heavy atom. The number of hydrogen-bond acceptors (Lipinski definition) is 5. The maximum atomic E-state index is 12.3. The van der Waals surface area contributed by atoms with Gasteiger partial charge < -0.3 is 14.5 Å². The van der Waals surface area contributed by atoms with Crippen LogP contribution < -0.4 is 15.4 Å². The molecule has 1 heterocycles. The highest BCUT2D eigenvalue weighted by molar-refractivity contribution is 7.80. The van der Waals surface area contributed by atoms with Gasteiger partial charge in [0.15, 0.2) is 10.7 Å². The van der Waals surface area contributed by atoms with E-state index in [2.05, 4.69) is 35.5 Å². The number of carbonyl (C=O) groups is 1. The minimum atomic E-state index is -0.337. The zero-order valence-corrected chi connectivity index (χ0v) is 20.0. The lowest BCUT2D eigenvalue weighted by atomic mass is 10.0. The molecule has 6 nitrogen and oxygen atoms in total. The Bertz CT molecular complexity index is 1360. The number of rotatable bonds is 6. The molecular formula is C27H25N3O3S. The van der Waals surface area contributed by atoms with Crippen molar-refractivity contribution in [1.82, 2.24) is 10.3 Å². The van der Waals surface area contributed by atoms with Crippen molar-refractivity contribution in [3.05, 3.63) is 83.9 Å². The first-order valence-corrected chi connectivity index (χ1v) is 11.3. The lowest BCUT2D eigenvalue weighted by Crippen LogP contribution is -2.32. The van der Waals surface area contributed by atoms with Crippen molar-refractivity contribution in [2.75, 3.05) is 12.4 Å².